The number of aliphatic hydroxyl groups is 1. The summed E-state index contributed by atoms with van der Waals surface area (Å²) in [6.45, 7) is 2.03. The van der Waals surface area contributed by atoms with Gasteiger partial charge >= 0.3 is 0 Å². The van der Waals surface area contributed by atoms with Gasteiger partial charge in [0.1, 0.15) is 0 Å². The zero-order chi connectivity index (χ0) is 7.40. The molecule has 1 nitrogen and oxygen atoms in total. The average molecular weight is 141 g/mol. The van der Waals surface area contributed by atoms with Crippen LogP contribution in [0.2, 0.25) is 0 Å². The Morgan fingerprint density at radius 3 is 2.40 bits per heavy atom. The molecule has 0 spiro atoms. The van der Waals surface area contributed by atoms with Crippen LogP contribution < -0.4 is 0 Å². The van der Waals surface area contributed by atoms with Crippen molar-refractivity contribution in [2.45, 2.75) is 45.4 Å². The second-order valence-corrected chi connectivity index (χ2v) is 3.18. The molecule has 0 atom stereocenters. The molecule has 0 heterocycles. The second-order valence-electron chi connectivity index (χ2n) is 3.18. The van der Waals surface area contributed by atoms with Crippen molar-refractivity contribution in [3.8, 4) is 0 Å². The van der Waals surface area contributed by atoms with E-state index in [1.54, 1.807) is 0 Å². The molecule has 1 aliphatic rings. The van der Waals surface area contributed by atoms with Crippen LogP contribution in [0.25, 0.3) is 0 Å². The van der Waals surface area contributed by atoms with E-state index >= 15 is 0 Å². The molecule has 0 unspecified atom stereocenters. The van der Waals surface area contributed by atoms with Crippen LogP contribution in [0.5, 0.6) is 0 Å². The minimum absolute atomic E-state index is 0.541. The van der Waals surface area contributed by atoms with Gasteiger partial charge in [0.15, 0.2) is 0 Å². The van der Waals surface area contributed by atoms with Gasteiger partial charge in [0.2, 0.25) is 0 Å². The van der Waals surface area contributed by atoms with E-state index in [-0.39, 0.29) is 0 Å². The van der Waals surface area contributed by atoms with Gasteiger partial charge in [0.25, 0.3) is 0 Å². The summed E-state index contributed by atoms with van der Waals surface area (Å²) in [6.07, 6.45) is 8.03. The summed E-state index contributed by atoms with van der Waals surface area (Å²) < 4.78 is 0. The van der Waals surface area contributed by atoms with Crippen molar-refractivity contribution in [3.63, 3.8) is 0 Å². The zero-order valence-corrected chi connectivity index (χ0v) is 6.77. The molecule has 1 radical (unpaired) electrons. The van der Waals surface area contributed by atoms with E-state index < -0.39 is 0 Å². The van der Waals surface area contributed by atoms with Crippen LogP contribution in [0.4, 0.5) is 0 Å². The molecule has 0 aliphatic heterocycles. The Hall–Kier alpha value is -0.0400. The summed E-state index contributed by atoms with van der Waals surface area (Å²) in [7, 11) is 0. The van der Waals surface area contributed by atoms with Gasteiger partial charge in [-0.2, -0.15) is 0 Å². The van der Waals surface area contributed by atoms with Gasteiger partial charge in [-0.05, 0) is 25.2 Å². The lowest BCUT2D eigenvalue weighted by molar-refractivity contribution is 0.183. The Morgan fingerprint density at radius 2 is 1.90 bits per heavy atom. The van der Waals surface area contributed by atoms with Crippen molar-refractivity contribution in [3.05, 3.63) is 6.10 Å². The number of hydrogen-bond acceptors (Lipinski definition) is 1. The predicted octanol–water partition coefficient (Wildman–Crippen LogP) is 2.88. The Morgan fingerprint density at radius 1 is 1.30 bits per heavy atom. The lowest BCUT2D eigenvalue weighted by Crippen LogP contribution is -2.14. The highest BCUT2D eigenvalue weighted by molar-refractivity contribution is 4.85. The normalized spacial score (nSPS) is 21.9. The number of hydrogen-bond donors (Lipinski definition) is 1. The maximum Gasteiger partial charge on any atom is 0.0961 e. The van der Waals surface area contributed by atoms with Gasteiger partial charge in [-0.25, -0.2) is 0 Å². The van der Waals surface area contributed by atoms with Crippen molar-refractivity contribution in [2.75, 3.05) is 0 Å². The van der Waals surface area contributed by atoms with Gasteiger partial charge in [0, 0.05) is 0 Å². The van der Waals surface area contributed by atoms with Gasteiger partial charge < -0.3 is 5.11 Å². The van der Waals surface area contributed by atoms with Gasteiger partial charge in [-0.3, -0.25) is 0 Å². The third kappa shape index (κ3) is 1.98. The quantitative estimate of drug-likeness (QED) is 0.627. The fraction of sp³-hybridized carbons (Fsp3) is 0.889. The SMILES string of the molecule is CC[C](O)C1CCCCC1. The summed E-state index contributed by atoms with van der Waals surface area (Å²) in [5.41, 5.74) is 0. The smallest absolute Gasteiger partial charge is 0.0961 e. The van der Waals surface area contributed by atoms with E-state index in [4.69, 9.17) is 0 Å². The third-order valence-corrected chi connectivity index (χ3v) is 2.44. The number of aliphatic hydroxyl groups excluding tert-OH is 1. The Kier molecular flexibility index (Phi) is 3.20. The topological polar surface area (TPSA) is 20.2 Å². The highest BCUT2D eigenvalue weighted by Crippen LogP contribution is 2.30. The lowest BCUT2D eigenvalue weighted by atomic mass is 9.84. The molecule has 0 amide bonds. The monoisotopic (exact) mass is 141 g/mol. The van der Waals surface area contributed by atoms with Crippen LogP contribution >= 0.6 is 0 Å². The van der Waals surface area contributed by atoms with Crippen LogP contribution in [-0.4, -0.2) is 5.11 Å². The van der Waals surface area contributed by atoms with Crippen molar-refractivity contribution >= 4 is 0 Å². The molecular weight excluding hydrogens is 124 g/mol. The second kappa shape index (κ2) is 3.97. The minimum Gasteiger partial charge on any atom is -0.387 e. The van der Waals surface area contributed by atoms with E-state index in [9.17, 15) is 5.11 Å². The highest BCUT2D eigenvalue weighted by atomic mass is 16.3. The summed E-state index contributed by atoms with van der Waals surface area (Å²) in [5.74, 6) is 0.541. The molecule has 0 bridgehead atoms. The van der Waals surface area contributed by atoms with Gasteiger partial charge in [0.05, 0.1) is 6.10 Å². The predicted molar refractivity (Wildman–Crippen MR) is 42.0 cm³/mol. The standard InChI is InChI=1S/C9H17O/c1-2-9(10)8-6-4-3-5-7-8/h8,10H,2-7H2,1H3. The highest BCUT2D eigenvalue weighted by Gasteiger charge is 2.20. The maximum atomic E-state index is 9.40. The van der Waals surface area contributed by atoms with E-state index in [0.717, 1.165) is 12.5 Å². The molecule has 0 saturated heterocycles. The first-order valence-corrected chi connectivity index (χ1v) is 4.39. The molecule has 59 valence electrons. The summed E-state index contributed by atoms with van der Waals surface area (Å²) in [6, 6.07) is 0. The lowest BCUT2D eigenvalue weighted by Gasteiger charge is -2.24. The first-order valence-electron chi connectivity index (χ1n) is 4.39. The van der Waals surface area contributed by atoms with E-state index in [1.165, 1.54) is 32.1 Å². The molecule has 1 rings (SSSR count). The molecule has 1 fully saturated rings. The zero-order valence-electron chi connectivity index (χ0n) is 6.77. The van der Waals surface area contributed by atoms with Crippen molar-refractivity contribution < 1.29 is 5.11 Å². The molecule has 0 aromatic carbocycles. The van der Waals surface area contributed by atoms with Gasteiger partial charge in [-0.1, -0.05) is 26.2 Å². The van der Waals surface area contributed by atoms with Crippen molar-refractivity contribution in [1.82, 2.24) is 0 Å². The first-order chi connectivity index (χ1) is 4.84. The molecule has 10 heavy (non-hydrogen) atoms. The molecule has 0 aromatic rings. The van der Waals surface area contributed by atoms with Crippen LogP contribution in [0.1, 0.15) is 45.4 Å². The van der Waals surface area contributed by atoms with E-state index in [2.05, 4.69) is 0 Å². The first kappa shape index (κ1) is 8.06. The molecule has 1 N–H and O–H groups in total. The molecule has 1 aliphatic carbocycles. The largest absolute Gasteiger partial charge is 0.387 e. The minimum atomic E-state index is 0.541. The molecule has 1 saturated carbocycles. The molecule has 1 heteroatoms. The Balaban J connectivity index is 2.24. The van der Waals surface area contributed by atoms with Crippen LogP contribution in [-0.2, 0) is 0 Å². The average Bonchev–Trinajstić information content (AvgIpc) is 2.05. The van der Waals surface area contributed by atoms with Crippen LogP contribution in [0.3, 0.4) is 0 Å². The Bertz CT molecular complexity index is 84.7. The van der Waals surface area contributed by atoms with Gasteiger partial charge in [-0.15, -0.1) is 0 Å². The van der Waals surface area contributed by atoms with Crippen LogP contribution in [0, 0.1) is 12.0 Å². The third-order valence-electron chi connectivity index (χ3n) is 2.44. The fourth-order valence-corrected chi connectivity index (χ4v) is 1.72. The fourth-order valence-electron chi connectivity index (χ4n) is 1.72. The maximum absolute atomic E-state index is 9.40. The summed E-state index contributed by atoms with van der Waals surface area (Å²) in [4.78, 5) is 0. The van der Waals surface area contributed by atoms with Crippen molar-refractivity contribution in [1.29, 1.82) is 0 Å². The molecule has 0 aromatic heterocycles. The summed E-state index contributed by atoms with van der Waals surface area (Å²) in [5, 5.41) is 9.40. The number of rotatable bonds is 2. The van der Waals surface area contributed by atoms with E-state index in [0.29, 0.717) is 5.92 Å². The van der Waals surface area contributed by atoms with Crippen molar-refractivity contribution in [2.24, 2.45) is 5.92 Å². The molecular formula is C9H17O. The van der Waals surface area contributed by atoms with Crippen LogP contribution in [0.15, 0.2) is 0 Å². The van der Waals surface area contributed by atoms with E-state index in [1.807, 2.05) is 6.92 Å². The Labute approximate surface area is 63.4 Å². The summed E-state index contributed by atoms with van der Waals surface area (Å²) >= 11 is 0.